The van der Waals surface area contributed by atoms with Gasteiger partial charge < -0.3 is 9.30 Å². The molecule has 0 aliphatic carbocycles. The molecule has 0 aliphatic heterocycles. The van der Waals surface area contributed by atoms with Crippen molar-refractivity contribution in [2.45, 2.75) is 26.8 Å². The number of ether oxygens (including phenoxy) is 1. The molecule has 2 aromatic carbocycles. The van der Waals surface area contributed by atoms with Crippen molar-refractivity contribution in [1.29, 1.82) is 0 Å². The largest absolute Gasteiger partial charge is 0.497 e. The van der Waals surface area contributed by atoms with Crippen LogP contribution in [0, 0.1) is 13.8 Å². The number of hydrogen-bond acceptors (Lipinski definition) is 4. The smallest absolute Gasteiger partial charge is 0.252 e. The van der Waals surface area contributed by atoms with Gasteiger partial charge in [-0.05, 0) is 43.4 Å². The molecule has 3 rings (SSSR count). The molecule has 0 aliphatic rings. The van der Waals surface area contributed by atoms with Crippen molar-refractivity contribution in [3.8, 4) is 5.75 Å². The summed E-state index contributed by atoms with van der Waals surface area (Å²) in [5.41, 5.74) is 4.39. The van der Waals surface area contributed by atoms with E-state index in [0.29, 0.717) is 6.42 Å². The van der Waals surface area contributed by atoms with Crippen molar-refractivity contribution < 1.29 is 9.53 Å². The van der Waals surface area contributed by atoms with E-state index < -0.39 is 0 Å². The number of rotatable bonds is 6. The lowest BCUT2D eigenvalue weighted by Gasteiger charge is -2.06. The van der Waals surface area contributed by atoms with E-state index >= 15 is 0 Å². The minimum atomic E-state index is -0.111. The molecule has 142 valence electrons. The first-order chi connectivity index (χ1) is 13.0. The number of hydrogen-bond donors (Lipinski definition) is 0. The highest BCUT2D eigenvalue weighted by molar-refractivity contribution is 7.98. The zero-order valence-electron chi connectivity index (χ0n) is 16.1. The number of thioether (sulfide) groups is 1. The van der Waals surface area contributed by atoms with E-state index in [2.05, 4.69) is 34.0 Å². The molecule has 6 heteroatoms. The molecule has 0 spiro atoms. The van der Waals surface area contributed by atoms with Crippen molar-refractivity contribution in [2.75, 3.05) is 19.1 Å². The second-order valence-corrected chi connectivity index (χ2v) is 8.47. The Kier molecular flexibility index (Phi) is 6.39. The molecule has 0 saturated carbocycles. The van der Waals surface area contributed by atoms with Crippen molar-refractivity contribution >= 4 is 39.2 Å². The fourth-order valence-corrected chi connectivity index (χ4v) is 4.38. The zero-order chi connectivity index (χ0) is 19.4. The molecular formula is C21H24N2O2S2. The van der Waals surface area contributed by atoms with Crippen LogP contribution in [-0.4, -0.2) is 29.6 Å². The van der Waals surface area contributed by atoms with Crippen LogP contribution in [0.25, 0.3) is 10.2 Å². The number of carbonyl (C=O) groups excluding carboxylic acids is 1. The lowest BCUT2D eigenvalue weighted by molar-refractivity contribution is -0.117. The average Bonchev–Trinajstić information content (AvgIpc) is 2.98. The number of amides is 1. The van der Waals surface area contributed by atoms with Crippen LogP contribution in [0.2, 0.25) is 0 Å². The molecule has 27 heavy (non-hydrogen) atoms. The van der Waals surface area contributed by atoms with Crippen LogP contribution in [0.4, 0.5) is 0 Å². The SMILES string of the molecule is COc1ccc2sc(=NC(=O)Cc3cc(C)ccc3C)n(CCSC)c2c1. The van der Waals surface area contributed by atoms with Gasteiger partial charge in [0.1, 0.15) is 5.75 Å². The lowest BCUT2D eigenvalue weighted by Crippen LogP contribution is -2.18. The maximum Gasteiger partial charge on any atom is 0.252 e. The van der Waals surface area contributed by atoms with Crippen LogP contribution in [0.1, 0.15) is 16.7 Å². The Morgan fingerprint density at radius 1 is 1.22 bits per heavy atom. The van der Waals surface area contributed by atoms with Gasteiger partial charge in [0.25, 0.3) is 5.91 Å². The Balaban J connectivity index is 2.00. The summed E-state index contributed by atoms with van der Waals surface area (Å²) in [6.07, 6.45) is 2.41. The molecule has 0 radical (unpaired) electrons. The average molecular weight is 401 g/mol. The maximum atomic E-state index is 12.7. The van der Waals surface area contributed by atoms with Gasteiger partial charge in [-0.3, -0.25) is 4.79 Å². The van der Waals surface area contributed by atoms with Gasteiger partial charge in [0.05, 0.1) is 23.7 Å². The number of carbonyl (C=O) groups is 1. The Bertz CT molecular complexity index is 1030. The summed E-state index contributed by atoms with van der Waals surface area (Å²) in [6.45, 7) is 4.89. The fourth-order valence-electron chi connectivity index (χ4n) is 2.96. The monoisotopic (exact) mass is 400 g/mol. The standard InChI is InChI=1S/C21H24N2O2S2/c1-14-5-6-15(2)16(11-14)12-20(24)22-21-23(9-10-26-4)18-13-17(25-3)7-8-19(18)27-21/h5-8,11,13H,9-10,12H2,1-4H3. The Labute approximate surface area is 167 Å². The quantitative estimate of drug-likeness (QED) is 0.617. The highest BCUT2D eigenvalue weighted by Crippen LogP contribution is 2.23. The Morgan fingerprint density at radius 3 is 2.78 bits per heavy atom. The van der Waals surface area contributed by atoms with Gasteiger partial charge in [-0.15, -0.1) is 0 Å². The van der Waals surface area contributed by atoms with Gasteiger partial charge in [0, 0.05) is 18.4 Å². The molecule has 0 saturated heterocycles. The summed E-state index contributed by atoms with van der Waals surface area (Å²) in [6, 6.07) is 12.2. The van der Waals surface area contributed by atoms with Gasteiger partial charge in [0.2, 0.25) is 0 Å². The molecule has 1 aromatic heterocycles. The predicted molar refractivity (Wildman–Crippen MR) is 115 cm³/mol. The van der Waals surface area contributed by atoms with Crippen molar-refractivity contribution in [1.82, 2.24) is 4.57 Å². The minimum Gasteiger partial charge on any atom is -0.497 e. The Morgan fingerprint density at radius 2 is 2.04 bits per heavy atom. The molecule has 4 nitrogen and oxygen atoms in total. The third-order valence-corrected chi connectivity index (χ3v) is 6.12. The minimum absolute atomic E-state index is 0.111. The highest BCUT2D eigenvalue weighted by Gasteiger charge is 2.10. The van der Waals surface area contributed by atoms with E-state index in [1.54, 1.807) is 30.2 Å². The van der Waals surface area contributed by atoms with E-state index in [1.807, 2.05) is 32.0 Å². The number of nitrogens with zero attached hydrogens (tertiary/aromatic N) is 2. The normalized spacial score (nSPS) is 11.9. The summed E-state index contributed by atoms with van der Waals surface area (Å²) in [7, 11) is 1.67. The van der Waals surface area contributed by atoms with E-state index in [9.17, 15) is 4.79 Å². The number of methoxy groups -OCH3 is 1. The van der Waals surface area contributed by atoms with Gasteiger partial charge in [-0.25, -0.2) is 0 Å². The first-order valence-electron chi connectivity index (χ1n) is 8.82. The molecule has 0 bridgehead atoms. The van der Waals surface area contributed by atoms with Crippen LogP contribution < -0.4 is 9.54 Å². The van der Waals surface area contributed by atoms with Gasteiger partial charge in [-0.1, -0.05) is 35.1 Å². The molecule has 3 aromatic rings. The van der Waals surface area contributed by atoms with Crippen molar-refractivity contribution in [2.24, 2.45) is 4.99 Å². The molecule has 1 heterocycles. The fraction of sp³-hybridized carbons (Fsp3) is 0.333. The summed E-state index contributed by atoms with van der Waals surface area (Å²) in [5, 5.41) is 0. The van der Waals surface area contributed by atoms with Gasteiger partial charge >= 0.3 is 0 Å². The molecule has 0 fully saturated rings. The molecule has 0 unspecified atom stereocenters. The number of fused-ring (bicyclic) bond motifs is 1. The second kappa shape index (κ2) is 8.76. The van der Waals surface area contributed by atoms with E-state index in [-0.39, 0.29) is 5.91 Å². The number of aryl methyl sites for hydroxylation is 3. The van der Waals surface area contributed by atoms with E-state index in [0.717, 1.165) is 49.8 Å². The zero-order valence-corrected chi connectivity index (χ0v) is 17.7. The lowest BCUT2D eigenvalue weighted by atomic mass is 10.0. The number of aromatic nitrogens is 1. The first kappa shape index (κ1) is 19.7. The number of benzene rings is 2. The second-order valence-electron chi connectivity index (χ2n) is 6.47. The van der Waals surface area contributed by atoms with E-state index in [1.165, 1.54) is 0 Å². The summed E-state index contributed by atoms with van der Waals surface area (Å²) in [4.78, 5) is 17.9. The third kappa shape index (κ3) is 4.62. The molecular weight excluding hydrogens is 376 g/mol. The third-order valence-electron chi connectivity index (χ3n) is 4.47. The highest BCUT2D eigenvalue weighted by atomic mass is 32.2. The number of thiazole rings is 1. The van der Waals surface area contributed by atoms with Crippen LogP contribution in [0.5, 0.6) is 5.75 Å². The van der Waals surface area contributed by atoms with E-state index in [4.69, 9.17) is 4.74 Å². The first-order valence-corrected chi connectivity index (χ1v) is 11.0. The summed E-state index contributed by atoms with van der Waals surface area (Å²) >= 11 is 3.33. The summed E-state index contributed by atoms with van der Waals surface area (Å²) < 4.78 is 8.60. The summed E-state index contributed by atoms with van der Waals surface area (Å²) in [5.74, 6) is 1.66. The van der Waals surface area contributed by atoms with Crippen LogP contribution in [0.3, 0.4) is 0 Å². The van der Waals surface area contributed by atoms with Crippen molar-refractivity contribution in [3.05, 3.63) is 57.9 Å². The molecule has 1 amide bonds. The van der Waals surface area contributed by atoms with Crippen molar-refractivity contribution in [3.63, 3.8) is 0 Å². The van der Waals surface area contributed by atoms with Crippen LogP contribution >= 0.6 is 23.1 Å². The molecule has 0 N–H and O–H groups in total. The van der Waals surface area contributed by atoms with Gasteiger partial charge in [0.15, 0.2) is 4.80 Å². The topological polar surface area (TPSA) is 43.6 Å². The predicted octanol–water partition coefficient (Wildman–Crippen LogP) is 4.36. The Hall–Kier alpha value is -2.05. The maximum absolute atomic E-state index is 12.7. The van der Waals surface area contributed by atoms with Crippen LogP contribution in [0.15, 0.2) is 41.4 Å². The molecule has 0 atom stereocenters. The van der Waals surface area contributed by atoms with Gasteiger partial charge in [-0.2, -0.15) is 16.8 Å². The van der Waals surface area contributed by atoms with Crippen LogP contribution in [-0.2, 0) is 17.8 Å².